The topological polar surface area (TPSA) is 269 Å². The standard InChI is InChI=1S/C16H22N2.2C14H18N2.2C13H14BrFN2.2C13H14ClFN2.C13H14F2N2/c1-11(2)17-15-9-7-12-6-8-13(16(3,4)5)10-14(12)18-15;1-14(2,3)11-6-7-12-10(9-11)5-8-13(15-4)16-12;1-14(2,3)11-7-5-10-6-8-13(15-4)16-12(10)9-11;1-13(2,3)7-4-10(15)8-6-9(14)12(16)17-11(8)5-7;1-13(2,3)8-4-5-10-7(11(8)15)6-9(14)12(16)17-10;1-13(2,3)7-4-10(15)8-6-9(14)12(16)17-11(8)5-7;1-13(2,3)8-4-5-10-7(11(8)15)6-9(14)12(16)17-10;1-13(2,3)8-6-9-7(11(14)12(8)15)4-5-10(16)17-9/h6-11H,1-5H3,(H,17,18);2*5-9H,1-4H3,(H,15,16);5*4-6H,1-3H3,(H2,16,17). The van der Waals surface area contributed by atoms with Gasteiger partial charge in [0.2, 0.25) is 0 Å². The SMILES string of the molecule is CC(C)(C)c1cc(F)c2cc(Br)c(N)nc2c1.CC(C)(C)c1cc(F)c2cc(Cl)c(N)nc2c1.CC(C)(C)c1cc2nc(N)ccc2c(F)c1F.CC(C)(C)c1ccc2nc(N)c(Br)cc2c1F.CC(C)(C)c1ccc2nc(N)c(Cl)cc2c1F.CC(C)Nc1ccc2ccc(C(C)(C)C)cc2n1.CNc1ccc2cc(C(C)(C)C)ccc2n1.CNc1ccc2ccc(C(C)(C)C)cc2n1. The average molecular weight is 2010 g/mol. The van der Waals surface area contributed by atoms with Crippen LogP contribution >= 0.6 is 55.1 Å². The van der Waals surface area contributed by atoms with Gasteiger partial charge in [0, 0.05) is 63.2 Å². The number of nitrogens with one attached hydrogen (secondary N) is 3. The number of benzene rings is 8. The molecule has 16 nitrogen and oxygen atoms in total. The number of rotatable bonds is 4. The van der Waals surface area contributed by atoms with Gasteiger partial charge in [0.05, 0.1) is 63.1 Å². The molecule has 0 saturated carbocycles. The lowest BCUT2D eigenvalue weighted by Gasteiger charge is -2.20. The quantitative estimate of drug-likeness (QED) is 0.0761. The van der Waals surface area contributed by atoms with Gasteiger partial charge in [0.15, 0.2) is 11.6 Å². The van der Waals surface area contributed by atoms with Crippen LogP contribution in [0.2, 0.25) is 10.0 Å². The highest BCUT2D eigenvalue weighted by Crippen LogP contribution is 2.39. The van der Waals surface area contributed by atoms with Crippen molar-refractivity contribution in [3.8, 4) is 0 Å². The first-order valence-electron chi connectivity index (χ1n) is 44.5. The number of hydrogen-bond donors (Lipinski definition) is 8. The largest absolute Gasteiger partial charge is 0.384 e. The van der Waals surface area contributed by atoms with Gasteiger partial charge in [-0.2, -0.15) is 0 Å². The van der Waals surface area contributed by atoms with Crippen LogP contribution in [0.3, 0.4) is 0 Å². The molecule has 0 aliphatic heterocycles. The highest BCUT2D eigenvalue weighted by molar-refractivity contribution is 9.11. The van der Waals surface area contributed by atoms with E-state index in [-0.39, 0.29) is 88.2 Å². The molecule has 0 aliphatic carbocycles. The van der Waals surface area contributed by atoms with Gasteiger partial charge in [0.1, 0.15) is 69.8 Å². The van der Waals surface area contributed by atoms with E-state index in [1.807, 2.05) is 154 Å². The summed E-state index contributed by atoms with van der Waals surface area (Å²) in [5, 5.41) is 15.6. The summed E-state index contributed by atoms with van der Waals surface area (Å²) in [4.78, 5) is 34.3. The van der Waals surface area contributed by atoms with E-state index < -0.39 is 17.0 Å². The van der Waals surface area contributed by atoms with Gasteiger partial charge in [-0.05, 0) is 273 Å². The van der Waals surface area contributed by atoms with Crippen molar-refractivity contribution in [2.45, 2.75) is 229 Å². The maximum absolute atomic E-state index is 14.4. The lowest BCUT2D eigenvalue weighted by molar-refractivity contribution is 0.471. The Morgan fingerprint density at radius 3 is 1.04 bits per heavy atom. The number of fused-ring (bicyclic) bond motifs is 8. The number of pyridine rings is 8. The molecule has 0 amide bonds. The Morgan fingerprint density at radius 2 is 0.607 bits per heavy atom. The summed E-state index contributed by atoms with van der Waals surface area (Å²) in [5.74, 6) is 1.53. The summed E-state index contributed by atoms with van der Waals surface area (Å²) in [7, 11) is 3.78. The monoisotopic (exact) mass is 2000 g/mol. The van der Waals surface area contributed by atoms with E-state index in [1.165, 1.54) is 63.2 Å². The highest BCUT2D eigenvalue weighted by atomic mass is 79.9. The molecule has 8 heterocycles. The number of anilines is 8. The van der Waals surface area contributed by atoms with Crippen LogP contribution < -0.4 is 44.6 Å². The molecule has 135 heavy (non-hydrogen) atoms. The molecule has 0 radical (unpaired) electrons. The van der Waals surface area contributed by atoms with Gasteiger partial charge >= 0.3 is 0 Å². The molecule has 8 aromatic carbocycles. The van der Waals surface area contributed by atoms with Gasteiger partial charge in [0.25, 0.3) is 0 Å². The second-order valence-electron chi connectivity index (χ2n) is 41.9. The Morgan fingerprint density at radius 1 is 0.274 bits per heavy atom. The Kier molecular flexibility index (Phi) is 33.7. The Balaban J connectivity index is 0.000000173. The number of nitrogens with zero attached hydrogens (tertiary/aromatic N) is 8. The number of aromatic nitrogens is 8. The third kappa shape index (κ3) is 27.7. The molecule has 13 N–H and O–H groups in total. The van der Waals surface area contributed by atoms with Crippen molar-refractivity contribution in [3.05, 3.63) is 280 Å². The number of hydrogen-bond acceptors (Lipinski definition) is 16. The molecular weight excluding hydrogens is 1880 g/mol. The minimum Gasteiger partial charge on any atom is -0.384 e. The summed E-state index contributed by atoms with van der Waals surface area (Å²) < 4.78 is 85.6. The predicted molar refractivity (Wildman–Crippen MR) is 569 cm³/mol. The van der Waals surface area contributed by atoms with Crippen LogP contribution in [0, 0.1) is 34.9 Å². The summed E-state index contributed by atoms with van der Waals surface area (Å²) in [5.41, 5.74) is 40.7. The first-order chi connectivity index (χ1) is 62.3. The summed E-state index contributed by atoms with van der Waals surface area (Å²) >= 11 is 18.2. The van der Waals surface area contributed by atoms with Crippen LogP contribution in [-0.2, 0) is 43.3 Å². The van der Waals surface area contributed by atoms with Gasteiger partial charge in [-0.1, -0.05) is 232 Å². The zero-order valence-electron chi connectivity index (χ0n) is 82.6. The van der Waals surface area contributed by atoms with Crippen LogP contribution in [-0.4, -0.2) is 60.0 Å². The number of nitrogen functional groups attached to an aromatic ring is 5. The number of halogens is 10. The van der Waals surface area contributed by atoms with E-state index in [9.17, 15) is 26.3 Å². The summed E-state index contributed by atoms with van der Waals surface area (Å²) in [6.07, 6.45) is 0. The molecule has 26 heteroatoms. The first kappa shape index (κ1) is 107. The van der Waals surface area contributed by atoms with Gasteiger partial charge in [-0.15, -0.1) is 0 Å². The average Bonchev–Trinajstić information content (AvgIpc) is 0.781. The van der Waals surface area contributed by atoms with E-state index >= 15 is 0 Å². The van der Waals surface area contributed by atoms with Crippen molar-refractivity contribution in [1.82, 2.24) is 39.9 Å². The molecule has 714 valence electrons. The van der Waals surface area contributed by atoms with Crippen molar-refractivity contribution in [1.29, 1.82) is 0 Å². The molecule has 16 rings (SSSR count). The van der Waals surface area contributed by atoms with Crippen LogP contribution in [0.4, 0.5) is 72.9 Å². The zero-order valence-corrected chi connectivity index (χ0v) is 87.3. The fraction of sp³-hybridized carbons (Fsp3) is 0.339. The molecule has 0 bridgehead atoms. The fourth-order valence-corrected chi connectivity index (χ4v) is 15.0. The fourth-order valence-electron chi connectivity index (χ4n) is 14.1. The lowest BCUT2D eigenvalue weighted by atomic mass is 9.86. The Hall–Kier alpha value is -11.4. The van der Waals surface area contributed by atoms with Crippen molar-refractivity contribution in [3.63, 3.8) is 0 Å². The van der Waals surface area contributed by atoms with E-state index in [2.05, 4.69) is 237 Å². The van der Waals surface area contributed by atoms with Crippen LogP contribution in [0.5, 0.6) is 0 Å². The maximum atomic E-state index is 14.4. The van der Waals surface area contributed by atoms with Crippen molar-refractivity contribution >= 4 is 189 Å². The molecule has 0 aliphatic rings. The molecule has 0 fully saturated rings. The van der Waals surface area contributed by atoms with E-state index in [4.69, 9.17) is 51.9 Å². The van der Waals surface area contributed by atoms with E-state index in [1.54, 1.807) is 42.5 Å². The summed E-state index contributed by atoms with van der Waals surface area (Å²) in [6, 6.07) is 57.1. The number of nitrogens with two attached hydrogens (primary N) is 5. The molecule has 0 atom stereocenters. The maximum Gasteiger partial charge on any atom is 0.168 e. The van der Waals surface area contributed by atoms with E-state index in [0.717, 1.165) is 45.1 Å². The van der Waals surface area contributed by atoms with E-state index in [0.29, 0.717) is 98.3 Å². The normalized spacial score (nSPS) is 12.0. The second kappa shape index (κ2) is 42.4. The Bertz CT molecular complexity index is 6810. The van der Waals surface area contributed by atoms with Gasteiger partial charge < -0.3 is 44.6 Å². The van der Waals surface area contributed by atoms with Gasteiger partial charge in [-0.25, -0.2) is 66.2 Å². The smallest absolute Gasteiger partial charge is 0.168 e. The van der Waals surface area contributed by atoms with Crippen LogP contribution in [0.25, 0.3) is 87.2 Å². The van der Waals surface area contributed by atoms with Crippen LogP contribution in [0.1, 0.15) is 225 Å². The summed E-state index contributed by atoms with van der Waals surface area (Å²) in [6.45, 7) is 53.7. The molecule has 8 aromatic heterocycles. The first-order valence-corrected chi connectivity index (χ1v) is 46.8. The third-order valence-corrected chi connectivity index (χ3v) is 24.1. The molecular formula is C109H128Br2Cl2F6N16. The minimum atomic E-state index is -0.861. The molecule has 0 unspecified atom stereocenters. The van der Waals surface area contributed by atoms with Crippen LogP contribution in [0.15, 0.2) is 191 Å². The molecule has 0 saturated heterocycles. The van der Waals surface area contributed by atoms with Gasteiger partial charge in [-0.3, -0.25) is 0 Å². The zero-order chi connectivity index (χ0) is 101. The highest BCUT2D eigenvalue weighted by Gasteiger charge is 2.28. The van der Waals surface area contributed by atoms with Crippen molar-refractivity contribution < 1.29 is 26.3 Å². The van der Waals surface area contributed by atoms with Crippen molar-refractivity contribution in [2.24, 2.45) is 0 Å². The predicted octanol–water partition coefficient (Wildman–Crippen LogP) is 30.7. The molecule has 16 aromatic rings. The molecule has 0 spiro atoms. The minimum absolute atomic E-state index is 0.113. The lowest BCUT2D eigenvalue weighted by Crippen LogP contribution is -2.15. The Labute approximate surface area is 817 Å². The second-order valence-corrected chi connectivity index (χ2v) is 44.4. The third-order valence-electron chi connectivity index (χ3n) is 22.2. The van der Waals surface area contributed by atoms with Crippen molar-refractivity contribution in [2.75, 3.05) is 58.7 Å².